The molecule has 0 aliphatic carbocycles. The van der Waals surface area contributed by atoms with Crippen molar-refractivity contribution in [2.24, 2.45) is 10.2 Å². The van der Waals surface area contributed by atoms with Crippen LogP contribution < -0.4 is 45.9 Å². The minimum Gasteiger partial charge on any atom is -0.748 e. The zero-order chi connectivity index (χ0) is 88.5. The van der Waals surface area contributed by atoms with E-state index < -0.39 is 106 Å². The molecule has 4 aromatic carbocycles. The molecular weight excluding hydrogens is 1750 g/mol. The van der Waals surface area contributed by atoms with E-state index in [1.54, 1.807) is 57.8 Å². The molecule has 664 valence electrons. The number of aromatic nitrogens is 3. The second kappa shape index (κ2) is 45.3. The number of carbonyl (C=O) groups is 5. The molecule has 1 fully saturated rings. The van der Waals surface area contributed by atoms with E-state index in [-0.39, 0.29) is 122 Å². The zero-order valence-corrected chi connectivity index (χ0v) is 72.4. The number of aryl methyl sites for hydroxylation is 2. The minimum atomic E-state index is -5.84. The first-order valence-electron chi connectivity index (χ1n) is 38.7. The van der Waals surface area contributed by atoms with E-state index in [9.17, 15) is 78.9 Å². The first kappa shape index (κ1) is 96.3. The maximum atomic E-state index is 14.7. The zero-order valence-electron chi connectivity index (χ0n) is 66.4. The van der Waals surface area contributed by atoms with Crippen LogP contribution in [0.15, 0.2) is 95.5 Å². The maximum absolute atomic E-state index is 14.7. The summed E-state index contributed by atoms with van der Waals surface area (Å²) >= 11 is 0. The molecule has 6 aromatic rings. The average Bonchev–Trinajstić information content (AvgIpc) is 1.50. The van der Waals surface area contributed by atoms with E-state index in [2.05, 4.69) is 82.7 Å². The van der Waals surface area contributed by atoms with Crippen LogP contribution in [0.4, 0.5) is 11.5 Å². The molecule has 0 spiro atoms. The number of nitrogens with zero attached hydrogens (tertiary/aromatic N) is 12. The van der Waals surface area contributed by atoms with Crippen LogP contribution in [0.3, 0.4) is 0 Å². The number of rotatable bonds is 49. The first-order chi connectivity index (χ1) is 58.6. The molecule has 0 bridgehead atoms. The molecule has 4 aliphatic rings. The van der Waals surface area contributed by atoms with E-state index in [1.807, 2.05) is 30.3 Å². The van der Waals surface area contributed by atoms with Crippen LogP contribution in [-0.2, 0) is 93.2 Å². The summed E-state index contributed by atoms with van der Waals surface area (Å²) in [6.07, 6.45) is 4.17. The molecule has 0 saturated carbocycles. The molecule has 0 radical (unpaired) electrons. The number of anilines is 2. The van der Waals surface area contributed by atoms with Gasteiger partial charge in [0.15, 0.2) is 6.23 Å². The third kappa shape index (κ3) is 29.6. The third-order valence-corrected chi connectivity index (χ3v) is 27.4. The van der Waals surface area contributed by atoms with Crippen molar-refractivity contribution in [1.82, 2.24) is 34.6 Å². The predicted molar refractivity (Wildman–Crippen MR) is 448 cm³/mol. The topological polar surface area (TPSA) is 600 Å². The van der Waals surface area contributed by atoms with Crippen LogP contribution in [0.5, 0.6) is 17.2 Å². The number of benzene rings is 4. The highest BCUT2D eigenvalue weighted by molar-refractivity contribution is 8.76. The Balaban J connectivity index is 0.598. The van der Waals surface area contributed by atoms with Crippen LogP contribution in [0.2, 0.25) is 0 Å². The second-order valence-electron chi connectivity index (χ2n) is 28.4. The van der Waals surface area contributed by atoms with Crippen molar-refractivity contribution in [2.45, 2.75) is 115 Å². The lowest BCUT2D eigenvalue weighted by Gasteiger charge is -2.33. The van der Waals surface area contributed by atoms with Gasteiger partial charge in [-0.2, -0.15) is 17.0 Å². The monoisotopic (exact) mass is 1840 g/mol. The van der Waals surface area contributed by atoms with Gasteiger partial charge in [0, 0.05) is 156 Å². The molecule has 4 aliphatic heterocycles. The highest BCUT2D eigenvalue weighted by atomic mass is 33.1. The molecule has 123 heavy (non-hydrogen) atoms. The number of ether oxygens (including phenoxy) is 6. The number of fused-ring (bicyclic) bond motifs is 5. The van der Waals surface area contributed by atoms with Crippen molar-refractivity contribution in [3.05, 3.63) is 156 Å². The first-order valence-corrected chi connectivity index (χ1v) is 48.9. The van der Waals surface area contributed by atoms with Gasteiger partial charge in [-0.15, -0.1) is 0 Å². The third-order valence-electron chi connectivity index (χ3n) is 19.5. The van der Waals surface area contributed by atoms with Gasteiger partial charge in [0.2, 0.25) is 11.3 Å². The van der Waals surface area contributed by atoms with Gasteiger partial charge in [0.05, 0.1) is 65.4 Å². The fraction of sp³-hybridized carbons (Fsp3) is 0.486. The smallest absolute Gasteiger partial charge is 0.490 e. The van der Waals surface area contributed by atoms with Gasteiger partial charge in [-0.1, -0.05) is 67.9 Å². The highest BCUT2D eigenvalue weighted by Crippen LogP contribution is 2.66. The number of phosphoric acid groups is 3. The number of carbonyl (C=O) groups excluding carboxylic acids is 5. The molecule has 9 N–H and O–H groups in total. The van der Waals surface area contributed by atoms with Gasteiger partial charge < -0.3 is 83.3 Å². The SMILES string of the molecule is CN(CCCC(=O)CCCSSCCC(=O)CCCNC(=O)c1cccc(OCC(N=[N+]=[N-])OCCOCC(=O)NCC#Cc2cn([C@H]3CC(OCN=[N+]=[N-])[C@@H](COP(=O)(O)OP(=O)(O)OP(=O)(O)O)O3)c3ncnc(N)c23)c1)C(=O)c1ccccc1C1=c2cc3c(cc2Oc2cc4c(cc21)CCCN4CCCS(=O)(=O)O)=[N+](CCCS(=O)(=O)[O-])CCC3. The number of nitrogen functional groups attached to an aromatic ring is 1. The Kier molecular flexibility index (Phi) is 35.5. The van der Waals surface area contributed by atoms with Crippen molar-refractivity contribution in [1.29, 1.82) is 0 Å². The fourth-order valence-corrected chi connectivity index (χ4v) is 20.2. The van der Waals surface area contributed by atoms with Crippen molar-refractivity contribution in [2.75, 3.05) is 126 Å². The minimum absolute atomic E-state index is 0.00337. The number of hydrogen-bond donors (Lipinski definition) is 8. The number of phosphoric ester groups is 1. The van der Waals surface area contributed by atoms with E-state index in [4.69, 9.17) is 54.0 Å². The maximum Gasteiger partial charge on any atom is 0.490 e. The lowest BCUT2D eigenvalue weighted by Crippen LogP contribution is -2.40. The number of ketones is 2. The largest absolute Gasteiger partial charge is 0.748 e. The number of Topliss-reactive ketones (excluding diaryl/α,β-unsaturated/α-hetero) is 2. The molecule has 1 saturated heterocycles. The van der Waals surface area contributed by atoms with Gasteiger partial charge in [-0.05, 0) is 104 Å². The molecule has 4 unspecified atom stereocenters. The normalized spacial score (nSPS) is 16.8. The Morgan fingerprint density at radius 1 is 0.854 bits per heavy atom. The van der Waals surface area contributed by atoms with E-state index in [1.165, 1.54) is 16.8 Å². The van der Waals surface area contributed by atoms with Crippen molar-refractivity contribution < 1.29 is 125 Å². The summed E-state index contributed by atoms with van der Waals surface area (Å²) < 4.78 is 154. The molecular formula is C74H92N15O27P3S4. The van der Waals surface area contributed by atoms with Crippen molar-refractivity contribution >= 4 is 123 Å². The van der Waals surface area contributed by atoms with Gasteiger partial charge in [-0.3, -0.25) is 33.0 Å². The fourth-order valence-electron chi connectivity index (χ4n) is 14.0. The molecule has 49 heteroatoms. The Morgan fingerprint density at radius 2 is 1.63 bits per heavy atom. The van der Waals surface area contributed by atoms with E-state index in [0.29, 0.717) is 99.0 Å². The Hall–Kier alpha value is -8.93. The second-order valence-corrected chi connectivity index (χ2v) is 38.6. The van der Waals surface area contributed by atoms with Crippen LogP contribution in [0, 0.1) is 11.8 Å². The molecule has 2 aromatic heterocycles. The van der Waals surface area contributed by atoms with E-state index >= 15 is 0 Å². The van der Waals surface area contributed by atoms with Crippen molar-refractivity contribution in [3.8, 4) is 29.1 Å². The van der Waals surface area contributed by atoms with Crippen molar-refractivity contribution in [3.63, 3.8) is 0 Å². The number of nitrogens with one attached hydrogen (secondary N) is 2. The van der Waals surface area contributed by atoms with Gasteiger partial charge in [-0.25, -0.2) is 36.7 Å². The number of amides is 3. The Labute approximate surface area is 713 Å². The molecule has 42 nitrogen and oxygen atoms in total. The highest BCUT2D eigenvalue weighted by Gasteiger charge is 2.44. The molecule has 10 rings (SSSR count). The van der Waals surface area contributed by atoms with Crippen LogP contribution in [-0.4, -0.2) is 228 Å². The summed E-state index contributed by atoms with van der Waals surface area (Å²) in [4.78, 5) is 121. The quantitative estimate of drug-likeness (QED) is 0.00218. The number of nitrogens with two attached hydrogens (primary N) is 1. The van der Waals surface area contributed by atoms with Crippen LogP contribution >= 0.6 is 45.1 Å². The number of azide groups is 2. The summed E-state index contributed by atoms with van der Waals surface area (Å²) in [6.45, 7) is 0.0170. The molecule has 3 amide bonds. The van der Waals surface area contributed by atoms with Gasteiger partial charge in [0.1, 0.15) is 92.0 Å². The standard InChI is InChI=1S/C74H92N15O27P3S4/c1-86(74(94)57-22-3-2-21-56(57)70-58-38-49-15-7-27-87(29-11-35-122(102,103)104)60(49)40-62(58)113-63-41-61-50(39-59(63)70)16-8-28-88(61)30-12-36-123(105,106)107)26-9-18-53(90)19-10-33-120-121-34-23-54(91)17-6-25-79-73(93)51-13-4-20-55(37-51)110-46-67(83-85-77)109-32-31-108-45-66(92)78-24-5-14-52-43-89(72-69(52)71(75)80-47-81-72)68-42-64(111-48-82-84-76)65(114-68)44-112-118(98,99)116-119(100,101)115-117(95,96)97/h2-4,13,20-22,37-41,43,47,64-65,67-68H,6-12,15-19,23-36,42,44-46,48H2,1H3,(H9-,75,78,79,80,81,92,93,95,96,97,98,99,100,101,102,103,104,105,106,107)/t64?,65-,67?,68-/m1/s1. The summed E-state index contributed by atoms with van der Waals surface area (Å²) in [6, 6.07) is 21.7. The average molecular weight is 1840 g/mol. The molecule has 6 heterocycles. The summed E-state index contributed by atoms with van der Waals surface area (Å²) in [5, 5.41) is 14.2. The van der Waals surface area contributed by atoms with Gasteiger partial charge >= 0.3 is 23.5 Å². The van der Waals surface area contributed by atoms with Gasteiger partial charge in [0.25, 0.3) is 21.9 Å². The lowest BCUT2D eigenvalue weighted by molar-refractivity contribution is -0.126. The number of hydrogen-bond acceptors (Lipinski definition) is 30. The predicted octanol–water partition coefficient (Wildman–Crippen LogP) is 7.02. The Bertz CT molecular complexity index is 5570. The molecule has 6 atom stereocenters. The van der Waals surface area contributed by atoms with E-state index in [0.717, 1.165) is 70.5 Å². The Morgan fingerprint density at radius 3 is 2.41 bits per heavy atom. The lowest BCUT2D eigenvalue weighted by atomic mass is 9.86. The summed E-state index contributed by atoms with van der Waals surface area (Å²) in [5.74, 6) is 6.24. The summed E-state index contributed by atoms with van der Waals surface area (Å²) in [7, 11) is -20.8. The summed E-state index contributed by atoms with van der Waals surface area (Å²) in [5.41, 5.74) is 30.5. The van der Waals surface area contributed by atoms with Crippen LogP contribution in [0.25, 0.3) is 37.5 Å². The van der Waals surface area contributed by atoms with Crippen LogP contribution in [0.1, 0.15) is 132 Å².